The molecule has 0 radical (unpaired) electrons. The molecule has 0 aliphatic rings. The van der Waals surface area contributed by atoms with Gasteiger partial charge in [-0.15, -0.1) is 0 Å². The summed E-state index contributed by atoms with van der Waals surface area (Å²) in [6, 6.07) is 0. The predicted molar refractivity (Wildman–Crippen MR) is 34.1 cm³/mol. The number of rotatable bonds is 3. The standard InChI is InChI=1S/C6H12O4/c1-4(7)3-6(9,10)5(2)8/h5,8-10H,3H2,1-2H3. The van der Waals surface area contributed by atoms with Crippen LogP contribution >= 0.6 is 0 Å². The molecule has 0 aromatic heterocycles. The van der Waals surface area contributed by atoms with E-state index in [0.717, 1.165) is 0 Å². The van der Waals surface area contributed by atoms with Gasteiger partial charge >= 0.3 is 0 Å². The van der Waals surface area contributed by atoms with E-state index < -0.39 is 18.3 Å². The second kappa shape index (κ2) is 3.09. The molecule has 0 aliphatic heterocycles. The van der Waals surface area contributed by atoms with Gasteiger partial charge in [-0.1, -0.05) is 0 Å². The molecule has 0 aliphatic carbocycles. The topological polar surface area (TPSA) is 77.8 Å². The Hall–Kier alpha value is -0.450. The van der Waals surface area contributed by atoms with Gasteiger partial charge in [0.25, 0.3) is 0 Å². The minimum Gasteiger partial charge on any atom is -0.388 e. The van der Waals surface area contributed by atoms with Gasteiger partial charge in [-0.2, -0.15) is 0 Å². The Balaban J connectivity index is 3.99. The second-order valence-electron chi connectivity index (χ2n) is 2.43. The molecular formula is C6H12O4. The molecular weight excluding hydrogens is 136 g/mol. The van der Waals surface area contributed by atoms with Crippen molar-refractivity contribution in [2.45, 2.75) is 32.2 Å². The van der Waals surface area contributed by atoms with Crippen molar-refractivity contribution >= 4 is 5.78 Å². The number of carbonyl (C=O) groups is 1. The minimum absolute atomic E-state index is 0.370. The molecule has 0 rings (SSSR count). The molecule has 0 aromatic carbocycles. The average Bonchev–Trinajstić information content (AvgIpc) is 1.60. The molecule has 0 saturated heterocycles. The van der Waals surface area contributed by atoms with Crippen molar-refractivity contribution in [3.05, 3.63) is 0 Å². The van der Waals surface area contributed by atoms with Gasteiger partial charge in [0.15, 0.2) is 5.79 Å². The fraction of sp³-hybridized carbons (Fsp3) is 0.833. The Morgan fingerprint density at radius 2 is 2.00 bits per heavy atom. The van der Waals surface area contributed by atoms with E-state index in [1.165, 1.54) is 13.8 Å². The number of Topliss-reactive ketones (excluding diaryl/α,β-unsaturated/α-hetero) is 1. The molecule has 4 nitrogen and oxygen atoms in total. The quantitative estimate of drug-likeness (QED) is 0.450. The van der Waals surface area contributed by atoms with Crippen LogP contribution in [0.3, 0.4) is 0 Å². The maximum absolute atomic E-state index is 10.3. The third-order valence-electron chi connectivity index (χ3n) is 1.18. The molecule has 0 fully saturated rings. The first-order valence-corrected chi connectivity index (χ1v) is 2.98. The van der Waals surface area contributed by atoms with Gasteiger partial charge in [0, 0.05) is 0 Å². The van der Waals surface area contributed by atoms with Crippen LogP contribution in [0, 0.1) is 0 Å². The predicted octanol–water partition coefficient (Wildman–Crippen LogP) is -0.973. The highest BCUT2D eigenvalue weighted by atomic mass is 16.5. The van der Waals surface area contributed by atoms with E-state index in [9.17, 15) is 4.79 Å². The fourth-order valence-electron chi connectivity index (χ4n) is 0.514. The molecule has 1 atom stereocenters. The highest BCUT2D eigenvalue weighted by Crippen LogP contribution is 2.10. The number of hydrogen-bond acceptors (Lipinski definition) is 4. The van der Waals surface area contributed by atoms with Gasteiger partial charge in [-0.05, 0) is 13.8 Å². The lowest BCUT2D eigenvalue weighted by atomic mass is 10.1. The molecule has 4 heteroatoms. The molecule has 60 valence electrons. The fourth-order valence-corrected chi connectivity index (χ4v) is 0.514. The summed E-state index contributed by atoms with van der Waals surface area (Å²) >= 11 is 0. The van der Waals surface area contributed by atoms with Crippen molar-refractivity contribution < 1.29 is 20.1 Å². The molecule has 0 bridgehead atoms. The van der Waals surface area contributed by atoms with E-state index >= 15 is 0 Å². The third-order valence-corrected chi connectivity index (χ3v) is 1.18. The number of hydrogen-bond donors (Lipinski definition) is 3. The summed E-state index contributed by atoms with van der Waals surface area (Å²) in [5, 5.41) is 26.4. The van der Waals surface area contributed by atoms with Crippen LogP contribution in [0.1, 0.15) is 20.3 Å². The molecule has 10 heavy (non-hydrogen) atoms. The Kier molecular flexibility index (Phi) is 2.96. The lowest BCUT2D eigenvalue weighted by Gasteiger charge is -2.22. The number of carbonyl (C=O) groups excluding carboxylic acids is 1. The monoisotopic (exact) mass is 148 g/mol. The molecule has 1 unspecified atom stereocenters. The molecule has 0 spiro atoms. The summed E-state index contributed by atoms with van der Waals surface area (Å²) in [5.74, 6) is -2.64. The Labute approximate surface area is 59.1 Å². The van der Waals surface area contributed by atoms with Gasteiger partial charge < -0.3 is 15.3 Å². The van der Waals surface area contributed by atoms with Crippen LogP contribution in [-0.4, -0.2) is 33.0 Å². The highest BCUT2D eigenvalue weighted by molar-refractivity contribution is 5.76. The van der Waals surface area contributed by atoms with Crippen LogP contribution in [0.4, 0.5) is 0 Å². The maximum atomic E-state index is 10.3. The van der Waals surface area contributed by atoms with Crippen LogP contribution < -0.4 is 0 Å². The highest BCUT2D eigenvalue weighted by Gasteiger charge is 2.30. The van der Waals surface area contributed by atoms with Gasteiger partial charge in [0.2, 0.25) is 0 Å². The molecule has 0 amide bonds. The van der Waals surface area contributed by atoms with Crippen LogP contribution in [0.25, 0.3) is 0 Å². The van der Waals surface area contributed by atoms with E-state index in [1.54, 1.807) is 0 Å². The first-order valence-electron chi connectivity index (χ1n) is 2.98. The van der Waals surface area contributed by atoms with Gasteiger partial charge in [0.1, 0.15) is 11.9 Å². The van der Waals surface area contributed by atoms with Crippen molar-refractivity contribution in [2.24, 2.45) is 0 Å². The van der Waals surface area contributed by atoms with E-state index in [2.05, 4.69) is 0 Å². The Bertz CT molecular complexity index is 128. The molecule has 0 heterocycles. The third kappa shape index (κ3) is 2.91. The van der Waals surface area contributed by atoms with E-state index in [0.29, 0.717) is 0 Å². The lowest BCUT2D eigenvalue weighted by molar-refractivity contribution is -0.221. The summed E-state index contributed by atoms with van der Waals surface area (Å²) in [6.07, 6.45) is -1.75. The van der Waals surface area contributed by atoms with Crippen molar-refractivity contribution in [3.63, 3.8) is 0 Å². The Morgan fingerprint density at radius 3 is 2.10 bits per heavy atom. The molecule has 3 N–H and O–H groups in total. The largest absolute Gasteiger partial charge is 0.388 e. The summed E-state index contributed by atoms with van der Waals surface area (Å²) in [5.41, 5.74) is 0. The average molecular weight is 148 g/mol. The summed E-state index contributed by atoms with van der Waals surface area (Å²) in [4.78, 5) is 10.3. The smallest absolute Gasteiger partial charge is 0.196 e. The van der Waals surface area contributed by atoms with Crippen LogP contribution in [0.15, 0.2) is 0 Å². The van der Waals surface area contributed by atoms with Crippen LogP contribution in [0.5, 0.6) is 0 Å². The zero-order valence-corrected chi connectivity index (χ0v) is 6.03. The minimum atomic E-state index is -2.27. The van der Waals surface area contributed by atoms with Crippen molar-refractivity contribution in [2.75, 3.05) is 0 Å². The van der Waals surface area contributed by atoms with E-state index in [-0.39, 0.29) is 5.78 Å². The zero-order chi connectivity index (χ0) is 8.36. The zero-order valence-electron chi connectivity index (χ0n) is 6.03. The Morgan fingerprint density at radius 1 is 1.60 bits per heavy atom. The maximum Gasteiger partial charge on any atom is 0.196 e. The van der Waals surface area contributed by atoms with Crippen LogP contribution in [0.2, 0.25) is 0 Å². The van der Waals surface area contributed by atoms with Gasteiger partial charge in [-0.25, -0.2) is 0 Å². The van der Waals surface area contributed by atoms with Crippen LogP contribution in [-0.2, 0) is 4.79 Å². The van der Waals surface area contributed by atoms with E-state index in [4.69, 9.17) is 15.3 Å². The van der Waals surface area contributed by atoms with Crippen molar-refractivity contribution in [1.29, 1.82) is 0 Å². The van der Waals surface area contributed by atoms with Gasteiger partial charge in [0.05, 0.1) is 6.42 Å². The first kappa shape index (κ1) is 9.55. The summed E-state index contributed by atoms with van der Waals surface area (Å²) in [7, 11) is 0. The number of aliphatic hydroxyl groups excluding tert-OH is 1. The molecule has 0 aromatic rings. The summed E-state index contributed by atoms with van der Waals surface area (Å²) in [6.45, 7) is 2.44. The SMILES string of the molecule is CC(=O)CC(O)(O)C(C)O. The van der Waals surface area contributed by atoms with E-state index in [1.807, 2.05) is 0 Å². The van der Waals surface area contributed by atoms with Crippen molar-refractivity contribution in [3.8, 4) is 0 Å². The summed E-state index contributed by atoms with van der Waals surface area (Å²) < 4.78 is 0. The van der Waals surface area contributed by atoms with Crippen molar-refractivity contribution in [1.82, 2.24) is 0 Å². The first-order chi connectivity index (χ1) is 4.36. The van der Waals surface area contributed by atoms with Gasteiger partial charge in [-0.3, -0.25) is 4.79 Å². The number of ketones is 1. The number of aliphatic hydroxyl groups is 3. The lowest BCUT2D eigenvalue weighted by Crippen LogP contribution is -2.41. The normalized spacial score (nSPS) is 14.9. The molecule has 0 saturated carbocycles. The second-order valence-corrected chi connectivity index (χ2v) is 2.43.